The van der Waals surface area contributed by atoms with Gasteiger partial charge in [0.25, 0.3) is 0 Å². The van der Waals surface area contributed by atoms with E-state index in [2.05, 4.69) is 31.5 Å². The largest absolute Gasteiger partial charge is 0.481 e. The SMILES string of the molecule is COc1cccc(OC2CCC(Nc3cc4c(cn3)c(-c3cnn(C)c3)nn4C)CC2)n1. The molecule has 1 saturated carbocycles. The van der Waals surface area contributed by atoms with Gasteiger partial charge in [-0.05, 0) is 25.7 Å². The van der Waals surface area contributed by atoms with Crippen LogP contribution in [0.25, 0.3) is 22.2 Å². The number of anilines is 1. The summed E-state index contributed by atoms with van der Waals surface area (Å²) in [6.45, 7) is 0. The third-order valence-electron chi connectivity index (χ3n) is 5.93. The third-order valence-corrected chi connectivity index (χ3v) is 5.93. The fourth-order valence-corrected chi connectivity index (χ4v) is 4.27. The average Bonchev–Trinajstić information content (AvgIpc) is 3.38. The van der Waals surface area contributed by atoms with Gasteiger partial charge in [-0.2, -0.15) is 15.2 Å². The van der Waals surface area contributed by atoms with Gasteiger partial charge >= 0.3 is 0 Å². The number of aryl methyl sites for hydroxylation is 2. The van der Waals surface area contributed by atoms with E-state index in [0.717, 1.165) is 53.7 Å². The molecule has 4 heterocycles. The van der Waals surface area contributed by atoms with E-state index < -0.39 is 0 Å². The first kappa shape index (κ1) is 20.3. The summed E-state index contributed by atoms with van der Waals surface area (Å²) in [4.78, 5) is 9.02. The Bertz CT molecular complexity index is 1220. The van der Waals surface area contributed by atoms with E-state index in [1.54, 1.807) is 11.8 Å². The number of ether oxygens (including phenoxy) is 2. The van der Waals surface area contributed by atoms with Gasteiger partial charge in [0.1, 0.15) is 17.6 Å². The van der Waals surface area contributed by atoms with E-state index in [4.69, 9.17) is 9.47 Å². The molecule has 5 rings (SSSR count). The highest BCUT2D eigenvalue weighted by molar-refractivity contribution is 5.93. The maximum atomic E-state index is 6.06. The fourth-order valence-electron chi connectivity index (χ4n) is 4.27. The number of hydrogen-bond donors (Lipinski definition) is 1. The molecule has 9 nitrogen and oxygen atoms in total. The Morgan fingerprint density at radius 2 is 1.88 bits per heavy atom. The zero-order chi connectivity index (χ0) is 22.1. The second kappa shape index (κ2) is 8.49. The molecule has 1 N–H and O–H groups in total. The van der Waals surface area contributed by atoms with Crippen LogP contribution in [-0.2, 0) is 14.1 Å². The molecule has 0 saturated heterocycles. The summed E-state index contributed by atoms with van der Waals surface area (Å²) in [6.07, 6.45) is 9.83. The molecule has 4 aromatic rings. The van der Waals surface area contributed by atoms with Crippen molar-refractivity contribution in [1.29, 1.82) is 0 Å². The Hall–Kier alpha value is -3.62. The topological polar surface area (TPSA) is 91.9 Å². The molecule has 0 radical (unpaired) electrons. The predicted octanol–water partition coefficient (Wildman–Crippen LogP) is 3.57. The lowest BCUT2D eigenvalue weighted by Crippen LogP contribution is -2.31. The molecule has 32 heavy (non-hydrogen) atoms. The Morgan fingerprint density at radius 3 is 2.62 bits per heavy atom. The van der Waals surface area contributed by atoms with E-state index in [-0.39, 0.29) is 6.10 Å². The van der Waals surface area contributed by atoms with E-state index in [1.807, 2.05) is 55.6 Å². The molecule has 0 amide bonds. The van der Waals surface area contributed by atoms with Crippen LogP contribution in [0.1, 0.15) is 25.7 Å². The highest BCUT2D eigenvalue weighted by Crippen LogP contribution is 2.30. The second-order valence-corrected chi connectivity index (χ2v) is 8.22. The van der Waals surface area contributed by atoms with Gasteiger partial charge < -0.3 is 14.8 Å². The minimum Gasteiger partial charge on any atom is -0.481 e. The highest BCUT2D eigenvalue weighted by atomic mass is 16.5. The van der Waals surface area contributed by atoms with Crippen LogP contribution in [0, 0.1) is 0 Å². The van der Waals surface area contributed by atoms with Crippen LogP contribution in [0.3, 0.4) is 0 Å². The first-order chi connectivity index (χ1) is 15.6. The molecule has 4 aromatic heterocycles. The molecule has 0 bridgehead atoms. The summed E-state index contributed by atoms with van der Waals surface area (Å²) in [5.74, 6) is 2.06. The Labute approximate surface area is 186 Å². The van der Waals surface area contributed by atoms with Crippen LogP contribution in [0.15, 0.2) is 42.9 Å². The minimum atomic E-state index is 0.169. The fraction of sp³-hybridized carbons (Fsp3) is 0.391. The monoisotopic (exact) mass is 433 g/mol. The smallest absolute Gasteiger partial charge is 0.216 e. The van der Waals surface area contributed by atoms with Crippen LogP contribution in [0.5, 0.6) is 11.8 Å². The van der Waals surface area contributed by atoms with Crippen LogP contribution >= 0.6 is 0 Å². The molecular formula is C23H27N7O2. The molecule has 0 aliphatic heterocycles. The Kier molecular flexibility index (Phi) is 5.38. The number of fused-ring (bicyclic) bond motifs is 1. The molecule has 0 spiro atoms. The normalized spacial score (nSPS) is 18.6. The first-order valence-electron chi connectivity index (χ1n) is 10.8. The number of rotatable bonds is 6. The van der Waals surface area contributed by atoms with E-state index in [1.165, 1.54) is 0 Å². The summed E-state index contributed by atoms with van der Waals surface area (Å²) < 4.78 is 14.9. The molecule has 1 aliphatic rings. The van der Waals surface area contributed by atoms with Crippen molar-refractivity contribution in [2.45, 2.75) is 37.8 Å². The van der Waals surface area contributed by atoms with Crippen molar-refractivity contribution in [3.8, 4) is 23.0 Å². The maximum absolute atomic E-state index is 6.06. The van der Waals surface area contributed by atoms with Crippen molar-refractivity contribution in [2.75, 3.05) is 12.4 Å². The lowest BCUT2D eigenvalue weighted by molar-refractivity contribution is 0.143. The predicted molar refractivity (Wildman–Crippen MR) is 122 cm³/mol. The lowest BCUT2D eigenvalue weighted by Gasteiger charge is -2.29. The van der Waals surface area contributed by atoms with Gasteiger partial charge in [-0.25, -0.2) is 4.98 Å². The van der Waals surface area contributed by atoms with Crippen molar-refractivity contribution >= 4 is 16.7 Å². The van der Waals surface area contributed by atoms with E-state index in [0.29, 0.717) is 17.8 Å². The Balaban J connectivity index is 1.23. The molecule has 1 fully saturated rings. The number of nitrogens with zero attached hydrogens (tertiary/aromatic N) is 6. The van der Waals surface area contributed by atoms with Crippen molar-refractivity contribution in [3.63, 3.8) is 0 Å². The number of nitrogens with one attached hydrogen (secondary N) is 1. The van der Waals surface area contributed by atoms with Gasteiger partial charge in [0.2, 0.25) is 11.8 Å². The first-order valence-corrected chi connectivity index (χ1v) is 10.8. The summed E-state index contributed by atoms with van der Waals surface area (Å²) in [5, 5.41) is 13.6. The standard InChI is InChI=1S/C23H27N7O2/c1-29-14-15(12-25-29)23-18-13-24-20(11-19(18)30(2)28-23)26-16-7-9-17(10-8-16)32-22-6-4-5-21(27-22)31-3/h4-6,11-14,16-17H,7-10H2,1-3H3,(H,24,26). The van der Waals surface area contributed by atoms with Gasteiger partial charge in [-0.15, -0.1) is 0 Å². The zero-order valence-electron chi connectivity index (χ0n) is 18.5. The van der Waals surface area contributed by atoms with Crippen molar-refractivity contribution in [1.82, 2.24) is 29.5 Å². The van der Waals surface area contributed by atoms with E-state index in [9.17, 15) is 0 Å². The summed E-state index contributed by atoms with van der Waals surface area (Å²) in [7, 11) is 5.47. The van der Waals surface area contributed by atoms with Crippen LogP contribution < -0.4 is 14.8 Å². The van der Waals surface area contributed by atoms with Crippen molar-refractivity contribution < 1.29 is 9.47 Å². The van der Waals surface area contributed by atoms with Gasteiger partial charge in [-0.1, -0.05) is 6.07 Å². The van der Waals surface area contributed by atoms with E-state index >= 15 is 0 Å². The van der Waals surface area contributed by atoms with Crippen molar-refractivity contribution in [3.05, 3.63) is 42.9 Å². The average molecular weight is 434 g/mol. The molecule has 9 heteroatoms. The van der Waals surface area contributed by atoms with Crippen LogP contribution in [0.4, 0.5) is 5.82 Å². The number of methoxy groups -OCH3 is 1. The van der Waals surface area contributed by atoms with Gasteiger partial charge in [0.05, 0.1) is 18.8 Å². The zero-order valence-corrected chi connectivity index (χ0v) is 18.5. The highest BCUT2D eigenvalue weighted by Gasteiger charge is 2.23. The van der Waals surface area contributed by atoms with Crippen LogP contribution in [0.2, 0.25) is 0 Å². The molecule has 0 unspecified atom stereocenters. The van der Waals surface area contributed by atoms with Gasteiger partial charge in [0, 0.05) is 61.7 Å². The Morgan fingerprint density at radius 1 is 1.06 bits per heavy atom. The molecule has 0 aromatic carbocycles. The lowest BCUT2D eigenvalue weighted by atomic mass is 9.93. The van der Waals surface area contributed by atoms with Gasteiger partial charge in [0.15, 0.2) is 0 Å². The summed E-state index contributed by atoms with van der Waals surface area (Å²) >= 11 is 0. The number of hydrogen-bond acceptors (Lipinski definition) is 7. The molecular weight excluding hydrogens is 406 g/mol. The molecule has 0 atom stereocenters. The van der Waals surface area contributed by atoms with Crippen LogP contribution in [-0.4, -0.2) is 48.8 Å². The summed E-state index contributed by atoms with van der Waals surface area (Å²) in [5.41, 5.74) is 2.94. The minimum absolute atomic E-state index is 0.169. The van der Waals surface area contributed by atoms with Crippen molar-refractivity contribution in [2.24, 2.45) is 14.1 Å². The quantitative estimate of drug-likeness (QED) is 0.497. The number of aromatic nitrogens is 6. The third kappa shape index (κ3) is 4.10. The molecule has 166 valence electrons. The molecule has 1 aliphatic carbocycles. The maximum Gasteiger partial charge on any atom is 0.216 e. The van der Waals surface area contributed by atoms with Gasteiger partial charge in [-0.3, -0.25) is 9.36 Å². The summed E-state index contributed by atoms with van der Waals surface area (Å²) in [6, 6.07) is 8.03. The second-order valence-electron chi connectivity index (χ2n) is 8.22. The number of pyridine rings is 2.